The third-order valence-corrected chi connectivity index (χ3v) is 3.60. The maximum Gasteiger partial charge on any atom is 0.331 e. The molecule has 1 aliphatic rings. The van der Waals surface area contributed by atoms with Crippen molar-refractivity contribution in [3.63, 3.8) is 0 Å². The van der Waals surface area contributed by atoms with Crippen LogP contribution in [-0.4, -0.2) is 26.9 Å². The highest BCUT2D eigenvalue weighted by Gasteiger charge is 2.32. The number of aromatic nitrogens is 2. The average Bonchev–Trinajstić information content (AvgIpc) is 2.27. The monoisotopic (exact) mass is 268 g/mol. The summed E-state index contributed by atoms with van der Waals surface area (Å²) in [6, 6.07) is -0.154. The fraction of sp³-hybridized carbons (Fsp3) is 0.692. The summed E-state index contributed by atoms with van der Waals surface area (Å²) in [5.74, 6) is -0.209. The second-order valence-electron chi connectivity index (χ2n) is 5.54. The lowest BCUT2D eigenvalue weighted by atomic mass is 9.93. The molecule has 2 N–H and O–H groups in total. The molecule has 1 atom stereocenters. The Labute approximate surface area is 111 Å². The first-order valence-corrected chi connectivity index (χ1v) is 6.56. The fourth-order valence-electron chi connectivity index (χ4n) is 2.65. The van der Waals surface area contributed by atoms with E-state index in [2.05, 4.69) is 4.98 Å². The van der Waals surface area contributed by atoms with Crippen molar-refractivity contribution in [1.82, 2.24) is 9.55 Å². The molecule has 0 radical (unpaired) electrons. The van der Waals surface area contributed by atoms with Gasteiger partial charge in [-0.05, 0) is 33.1 Å². The Kier molecular flexibility index (Phi) is 3.54. The second kappa shape index (κ2) is 4.85. The maximum atomic E-state index is 11.9. The number of nitrogens with zero attached hydrogens (tertiary/aromatic N) is 1. The standard InChI is InChI=1S/C13H20N2O4/c1-4-9-10(16)14-12(18)15(11(9)17)8-5-6-19-13(2,3)7-8/h8,17H,4-7H2,1-3H3,(H,14,16,18). The Morgan fingerprint density at radius 3 is 2.74 bits per heavy atom. The summed E-state index contributed by atoms with van der Waals surface area (Å²) in [5, 5.41) is 10.2. The third-order valence-electron chi connectivity index (χ3n) is 3.60. The minimum absolute atomic E-state index is 0.154. The van der Waals surface area contributed by atoms with E-state index in [0.29, 0.717) is 25.9 Å². The van der Waals surface area contributed by atoms with Gasteiger partial charge < -0.3 is 9.84 Å². The average molecular weight is 268 g/mol. The zero-order valence-corrected chi connectivity index (χ0v) is 11.5. The van der Waals surface area contributed by atoms with Crippen molar-refractivity contribution in [3.05, 3.63) is 26.4 Å². The maximum absolute atomic E-state index is 11.9. The second-order valence-corrected chi connectivity index (χ2v) is 5.54. The topological polar surface area (TPSA) is 84.3 Å². The van der Waals surface area contributed by atoms with Crippen LogP contribution in [0.3, 0.4) is 0 Å². The number of nitrogens with one attached hydrogen (secondary N) is 1. The lowest BCUT2D eigenvalue weighted by Crippen LogP contribution is -2.41. The molecule has 1 aromatic rings. The highest BCUT2D eigenvalue weighted by atomic mass is 16.5. The molecule has 0 aromatic carbocycles. The predicted molar refractivity (Wildman–Crippen MR) is 70.7 cm³/mol. The number of H-pyrrole nitrogens is 1. The number of rotatable bonds is 2. The molecule has 1 unspecified atom stereocenters. The van der Waals surface area contributed by atoms with Gasteiger partial charge in [-0.25, -0.2) is 4.79 Å². The van der Waals surface area contributed by atoms with Crippen LogP contribution < -0.4 is 11.2 Å². The molecule has 0 spiro atoms. The molecule has 2 rings (SSSR count). The van der Waals surface area contributed by atoms with E-state index >= 15 is 0 Å². The molecule has 0 amide bonds. The summed E-state index contributed by atoms with van der Waals surface area (Å²) in [4.78, 5) is 25.8. The predicted octanol–water partition coefficient (Wildman–Crippen LogP) is 0.935. The first kappa shape index (κ1) is 13.9. The van der Waals surface area contributed by atoms with E-state index in [1.165, 1.54) is 4.57 Å². The molecule has 0 saturated carbocycles. The Hall–Kier alpha value is -1.56. The van der Waals surface area contributed by atoms with Crippen LogP contribution in [-0.2, 0) is 11.2 Å². The van der Waals surface area contributed by atoms with Gasteiger partial charge in [0.1, 0.15) is 0 Å². The molecule has 106 valence electrons. The van der Waals surface area contributed by atoms with Crippen LogP contribution in [0.1, 0.15) is 45.2 Å². The quantitative estimate of drug-likeness (QED) is 0.836. The first-order chi connectivity index (χ1) is 8.85. The fourth-order valence-corrected chi connectivity index (χ4v) is 2.65. The van der Waals surface area contributed by atoms with Gasteiger partial charge in [0.2, 0.25) is 5.88 Å². The summed E-state index contributed by atoms with van der Waals surface area (Å²) in [5.41, 5.74) is -1.14. The first-order valence-electron chi connectivity index (χ1n) is 6.56. The summed E-state index contributed by atoms with van der Waals surface area (Å²) >= 11 is 0. The van der Waals surface area contributed by atoms with Crippen molar-refractivity contribution in [2.75, 3.05) is 6.61 Å². The largest absolute Gasteiger partial charge is 0.494 e. The lowest BCUT2D eigenvalue weighted by Gasteiger charge is -2.36. The number of hydrogen-bond acceptors (Lipinski definition) is 4. The molecule has 1 fully saturated rings. The van der Waals surface area contributed by atoms with Crippen LogP contribution in [0.4, 0.5) is 0 Å². The van der Waals surface area contributed by atoms with Crippen LogP contribution in [0.15, 0.2) is 9.59 Å². The van der Waals surface area contributed by atoms with Gasteiger partial charge in [0.25, 0.3) is 5.56 Å². The zero-order valence-electron chi connectivity index (χ0n) is 11.5. The van der Waals surface area contributed by atoms with Gasteiger partial charge in [-0.15, -0.1) is 0 Å². The van der Waals surface area contributed by atoms with Gasteiger partial charge in [-0.2, -0.15) is 0 Å². The molecule has 1 saturated heterocycles. The van der Waals surface area contributed by atoms with E-state index in [1.54, 1.807) is 6.92 Å². The molecule has 2 heterocycles. The summed E-state index contributed by atoms with van der Waals surface area (Å²) in [6.45, 7) is 6.21. The number of ether oxygens (including phenoxy) is 1. The van der Waals surface area contributed by atoms with Crippen molar-refractivity contribution in [3.8, 4) is 5.88 Å². The highest BCUT2D eigenvalue weighted by Crippen LogP contribution is 2.33. The van der Waals surface area contributed by atoms with Crippen LogP contribution in [0, 0.1) is 0 Å². The van der Waals surface area contributed by atoms with E-state index in [0.717, 1.165) is 0 Å². The Balaban J connectivity index is 2.51. The lowest BCUT2D eigenvalue weighted by molar-refractivity contribution is -0.0705. The normalized spacial score (nSPS) is 22.4. The molecular formula is C13H20N2O4. The van der Waals surface area contributed by atoms with Crippen molar-refractivity contribution in [2.24, 2.45) is 0 Å². The molecule has 6 heteroatoms. The van der Waals surface area contributed by atoms with E-state index in [-0.39, 0.29) is 23.1 Å². The number of aromatic hydroxyl groups is 1. The van der Waals surface area contributed by atoms with Gasteiger partial charge >= 0.3 is 5.69 Å². The number of hydrogen-bond donors (Lipinski definition) is 2. The van der Waals surface area contributed by atoms with Crippen molar-refractivity contribution >= 4 is 0 Å². The number of aromatic amines is 1. The minimum atomic E-state index is -0.553. The summed E-state index contributed by atoms with van der Waals surface area (Å²) in [6.07, 6.45) is 1.65. The Morgan fingerprint density at radius 2 is 2.16 bits per heavy atom. The smallest absolute Gasteiger partial charge is 0.331 e. The molecule has 19 heavy (non-hydrogen) atoms. The Bertz CT molecular complexity index is 585. The van der Waals surface area contributed by atoms with Crippen molar-refractivity contribution < 1.29 is 9.84 Å². The zero-order chi connectivity index (χ0) is 14.2. The van der Waals surface area contributed by atoms with Gasteiger partial charge in [0.05, 0.1) is 11.2 Å². The molecule has 0 bridgehead atoms. The van der Waals surface area contributed by atoms with Crippen LogP contribution in [0.5, 0.6) is 5.88 Å². The summed E-state index contributed by atoms with van der Waals surface area (Å²) < 4.78 is 6.90. The van der Waals surface area contributed by atoms with E-state index in [4.69, 9.17) is 4.74 Å². The molecular weight excluding hydrogens is 248 g/mol. The van der Waals surface area contributed by atoms with Gasteiger partial charge in [-0.1, -0.05) is 6.92 Å². The van der Waals surface area contributed by atoms with Crippen molar-refractivity contribution in [2.45, 2.75) is 51.7 Å². The van der Waals surface area contributed by atoms with E-state index in [9.17, 15) is 14.7 Å². The van der Waals surface area contributed by atoms with Crippen LogP contribution in [0.2, 0.25) is 0 Å². The van der Waals surface area contributed by atoms with Gasteiger partial charge in [0, 0.05) is 12.6 Å². The molecule has 0 aliphatic carbocycles. The molecule has 6 nitrogen and oxygen atoms in total. The van der Waals surface area contributed by atoms with E-state index in [1.807, 2.05) is 13.8 Å². The molecule has 1 aromatic heterocycles. The highest BCUT2D eigenvalue weighted by molar-refractivity contribution is 5.23. The van der Waals surface area contributed by atoms with Gasteiger partial charge in [-0.3, -0.25) is 14.3 Å². The summed E-state index contributed by atoms with van der Waals surface area (Å²) in [7, 11) is 0. The van der Waals surface area contributed by atoms with E-state index < -0.39 is 11.2 Å². The van der Waals surface area contributed by atoms with Crippen LogP contribution >= 0.6 is 0 Å². The minimum Gasteiger partial charge on any atom is -0.494 e. The Morgan fingerprint density at radius 1 is 1.47 bits per heavy atom. The third kappa shape index (κ3) is 2.58. The van der Waals surface area contributed by atoms with Gasteiger partial charge in [0.15, 0.2) is 0 Å². The van der Waals surface area contributed by atoms with Crippen molar-refractivity contribution in [1.29, 1.82) is 0 Å². The van der Waals surface area contributed by atoms with Crippen LogP contribution in [0.25, 0.3) is 0 Å². The SMILES string of the molecule is CCc1c(O)n(C2CCOC(C)(C)C2)c(=O)[nH]c1=O. The molecule has 1 aliphatic heterocycles.